The van der Waals surface area contributed by atoms with E-state index in [9.17, 15) is 0 Å². The lowest BCUT2D eigenvalue weighted by Gasteiger charge is -2.23. The number of methoxy groups -OCH3 is 2. The zero-order chi connectivity index (χ0) is 18.1. The highest BCUT2D eigenvalue weighted by Crippen LogP contribution is 2.30. The number of anilines is 2. The van der Waals surface area contributed by atoms with Crippen LogP contribution in [0.2, 0.25) is 0 Å². The smallest absolute Gasteiger partial charge is 0.245 e. The zero-order valence-electron chi connectivity index (χ0n) is 15.1. The highest BCUT2D eigenvalue weighted by molar-refractivity contribution is 5.59. The average Bonchev–Trinajstić information content (AvgIpc) is 2.65. The van der Waals surface area contributed by atoms with E-state index in [1.165, 1.54) is 14.2 Å². The molecule has 0 aliphatic carbocycles. The van der Waals surface area contributed by atoms with E-state index in [1.807, 2.05) is 35.2 Å². The molecule has 7 nitrogen and oxygen atoms in total. The van der Waals surface area contributed by atoms with E-state index >= 15 is 0 Å². The quantitative estimate of drug-likeness (QED) is 0.662. The Labute approximate surface area is 148 Å². The van der Waals surface area contributed by atoms with E-state index in [0.29, 0.717) is 43.2 Å². The second kappa shape index (κ2) is 9.68. The summed E-state index contributed by atoms with van der Waals surface area (Å²) in [5.74, 6) is 1.15. The minimum atomic E-state index is 0.297. The van der Waals surface area contributed by atoms with Gasteiger partial charge in [0, 0.05) is 13.1 Å². The summed E-state index contributed by atoms with van der Waals surface area (Å²) in [6.45, 7) is 4.70. The van der Waals surface area contributed by atoms with Crippen LogP contribution in [0, 0.1) is 0 Å². The Morgan fingerprint density at radius 1 is 1.00 bits per heavy atom. The van der Waals surface area contributed by atoms with Gasteiger partial charge in [-0.1, -0.05) is 37.3 Å². The molecule has 0 atom stereocenters. The standard InChI is InChI=1S/C18H26N4O3/c1-4-10-22(11-12-25-13-14-8-6-5-7-9-14)18-20-16(23-2)15(19)17(21-18)24-3/h5-9H,4,10-13,19H2,1-3H3. The van der Waals surface area contributed by atoms with Crippen LogP contribution in [0.3, 0.4) is 0 Å². The Morgan fingerprint density at radius 2 is 1.64 bits per heavy atom. The van der Waals surface area contributed by atoms with Gasteiger partial charge in [0.1, 0.15) is 0 Å². The molecule has 1 heterocycles. The summed E-state index contributed by atoms with van der Waals surface area (Å²) in [4.78, 5) is 10.8. The maximum absolute atomic E-state index is 5.92. The molecule has 0 aliphatic heterocycles. The van der Waals surface area contributed by atoms with Crippen molar-refractivity contribution in [1.82, 2.24) is 9.97 Å². The van der Waals surface area contributed by atoms with Crippen LogP contribution in [-0.2, 0) is 11.3 Å². The van der Waals surface area contributed by atoms with Crippen LogP contribution < -0.4 is 20.1 Å². The van der Waals surface area contributed by atoms with Gasteiger partial charge in [0.15, 0.2) is 5.69 Å². The molecule has 0 bridgehead atoms. The average molecular weight is 346 g/mol. The number of hydrogen-bond acceptors (Lipinski definition) is 7. The van der Waals surface area contributed by atoms with Crippen LogP contribution in [0.5, 0.6) is 11.8 Å². The fourth-order valence-corrected chi connectivity index (χ4v) is 2.39. The second-order valence-electron chi connectivity index (χ2n) is 5.48. The largest absolute Gasteiger partial charge is 0.479 e. The summed E-state index contributed by atoms with van der Waals surface area (Å²) in [6, 6.07) is 10.1. The first-order valence-electron chi connectivity index (χ1n) is 8.31. The van der Waals surface area contributed by atoms with Crippen LogP contribution in [0.15, 0.2) is 30.3 Å². The molecule has 7 heteroatoms. The van der Waals surface area contributed by atoms with E-state index in [-0.39, 0.29) is 0 Å². The fraction of sp³-hybridized carbons (Fsp3) is 0.444. The number of nitrogen functional groups attached to an aromatic ring is 1. The van der Waals surface area contributed by atoms with Crippen LogP contribution in [0.4, 0.5) is 11.6 Å². The van der Waals surface area contributed by atoms with Crippen molar-refractivity contribution < 1.29 is 14.2 Å². The van der Waals surface area contributed by atoms with Gasteiger partial charge in [-0.15, -0.1) is 0 Å². The van der Waals surface area contributed by atoms with Crippen LogP contribution in [0.25, 0.3) is 0 Å². The van der Waals surface area contributed by atoms with Crippen molar-refractivity contribution in [1.29, 1.82) is 0 Å². The maximum atomic E-state index is 5.92. The van der Waals surface area contributed by atoms with Crippen molar-refractivity contribution in [2.45, 2.75) is 20.0 Å². The second-order valence-corrected chi connectivity index (χ2v) is 5.48. The molecule has 2 rings (SSSR count). The van der Waals surface area contributed by atoms with Crippen molar-refractivity contribution in [2.24, 2.45) is 0 Å². The van der Waals surface area contributed by atoms with Gasteiger partial charge < -0.3 is 24.8 Å². The first-order valence-corrected chi connectivity index (χ1v) is 8.31. The highest BCUT2D eigenvalue weighted by Gasteiger charge is 2.17. The van der Waals surface area contributed by atoms with Crippen molar-refractivity contribution in [3.63, 3.8) is 0 Å². The molecule has 0 unspecified atom stereocenters. The molecule has 0 fully saturated rings. The molecule has 0 radical (unpaired) electrons. The first-order chi connectivity index (χ1) is 12.2. The third kappa shape index (κ3) is 5.22. The minimum absolute atomic E-state index is 0.297. The van der Waals surface area contributed by atoms with Crippen molar-refractivity contribution in [3.8, 4) is 11.8 Å². The molecule has 0 aliphatic rings. The van der Waals surface area contributed by atoms with Gasteiger partial charge in [-0.25, -0.2) is 0 Å². The van der Waals surface area contributed by atoms with Crippen molar-refractivity contribution in [2.75, 3.05) is 44.5 Å². The molecule has 2 aromatic rings. The Balaban J connectivity index is 2.02. The topological polar surface area (TPSA) is 82.7 Å². The molecule has 1 aromatic heterocycles. The van der Waals surface area contributed by atoms with Gasteiger partial charge in [-0.2, -0.15) is 9.97 Å². The van der Waals surface area contributed by atoms with E-state index in [2.05, 4.69) is 16.9 Å². The Hall–Kier alpha value is -2.54. The predicted octanol–water partition coefficient (Wildman–Crippen LogP) is 2.51. The van der Waals surface area contributed by atoms with Crippen LogP contribution in [-0.4, -0.2) is 43.9 Å². The number of aromatic nitrogens is 2. The maximum Gasteiger partial charge on any atom is 0.245 e. The molecule has 0 saturated heterocycles. The molecular weight excluding hydrogens is 320 g/mol. The van der Waals surface area contributed by atoms with Gasteiger partial charge in [-0.05, 0) is 12.0 Å². The monoisotopic (exact) mass is 346 g/mol. The van der Waals surface area contributed by atoms with Gasteiger partial charge >= 0.3 is 0 Å². The normalized spacial score (nSPS) is 10.5. The molecular formula is C18H26N4O3. The summed E-state index contributed by atoms with van der Waals surface area (Å²) >= 11 is 0. The molecule has 0 amide bonds. The minimum Gasteiger partial charge on any atom is -0.479 e. The van der Waals surface area contributed by atoms with E-state index in [1.54, 1.807) is 0 Å². The predicted molar refractivity (Wildman–Crippen MR) is 98.2 cm³/mol. The summed E-state index contributed by atoms with van der Waals surface area (Å²) in [5, 5.41) is 0. The molecule has 0 spiro atoms. The van der Waals surface area contributed by atoms with Gasteiger partial charge in [-0.3, -0.25) is 0 Å². The summed E-state index contributed by atoms with van der Waals surface area (Å²) < 4.78 is 16.2. The molecule has 1 aromatic carbocycles. The van der Waals surface area contributed by atoms with Crippen molar-refractivity contribution >= 4 is 11.6 Å². The van der Waals surface area contributed by atoms with Crippen LogP contribution >= 0.6 is 0 Å². The third-order valence-corrected chi connectivity index (χ3v) is 3.64. The Kier molecular flexibility index (Phi) is 7.28. The number of nitrogens with two attached hydrogens (primary N) is 1. The lowest BCUT2D eigenvalue weighted by atomic mass is 10.2. The van der Waals surface area contributed by atoms with Gasteiger partial charge in [0.05, 0.1) is 27.4 Å². The van der Waals surface area contributed by atoms with E-state index in [4.69, 9.17) is 19.9 Å². The molecule has 136 valence electrons. The van der Waals surface area contributed by atoms with Crippen molar-refractivity contribution in [3.05, 3.63) is 35.9 Å². The van der Waals surface area contributed by atoms with Gasteiger partial charge in [0.2, 0.25) is 17.7 Å². The van der Waals surface area contributed by atoms with E-state index in [0.717, 1.165) is 18.5 Å². The van der Waals surface area contributed by atoms with Crippen LogP contribution in [0.1, 0.15) is 18.9 Å². The van der Waals surface area contributed by atoms with Gasteiger partial charge in [0.25, 0.3) is 0 Å². The number of rotatable bonds is 10. The Morgan fingerprint density at radius 3 is 2.20 bits per heavy atom. The zero-order valence-corrected chi connectivity index (χ0v) is 15.1. The van der Waals surface area contributed by atoms with E-state index < -0.39 is 0 Å². The number of nitrogens with zero attached hydrogens (tertiary/aromatic N) is 3. The molecule has 0 saturated carbocycles. The SMILES string of the molecule is CCCN(CCOCc1ccccc1)c1nc(OC)c(N)c(OC)n1. The summed E-state index contributed by atoms with van der Waals surface area (Å²) in [7, 11) is 3.05. The molecule has 25 heavy (non-hydrogen) atoms. The first kappa shape index (κ1) is 18.8. The number of hydrogen-bond donors (Lipinski definition) is 1. The highest BCUT2D eigenvalue weighted by atomic mass is 16.5. The number of ether oxygens (including phenoxy) is 3. The lowest BCUT2D eigenvalue weighted by molar-refractivity contribution is 0.126. The fourth-order valence-electron chi connectivity index (χ4n) is 2.39. The summed E-state index contributed by atoms with van der Waals surface area (Å²) in [6.07, 6.45) is 0.955. The number of benzene rings is 1. The lowest BCUT2D eigenvalue weighted by Crippen LogP contribution is -2.30. The summed E-state index contributed by atoms with van der Waals surface area (Å²) in [5.41, 5.74) is 7.36. The molecule has 2 N–H and O–H groups in total. The Bertz CT molecular complexity index is 627. The third-order valence-electron chi connectivity index (χ3n) is 3.64.